The first-order chi connectivity index (χ1) is 26.8. The smallest absolute Gasteiger partial charge is 0.133 e. The average molecular weight is 691 g/mol. The molecule has 0 bridgehead atoms. The summed E-state index contributed by atoms with van der Waals surface area (Å²) in [4.78, 5) is 5.16. The Morgan fingerprint density at radius 3 is 1.93 bits per heavy atom. The lowest BCUT2D eigenvalue weighted by atomic mass is 9.66. The molecule has 11 rings (SSSR count). The van der Waals surface area contributed by atoms with Crippen molar-refractivity contribution in [2.75, 3.05) is 0 Å². The molecule has 1 spiro atoms. The third-order valence-corrected chi connectivity index (χ3v) is 11.4. The van der Waals surface area contributed by atoms with Crippen LogP contribution in [0.1, 0.15) is 45.0 Å². The van der Waals surface area contributed by atoms with Crippen LogP contribution in [-0.2, 0) is 5.41 Å². The van der Waals surface area contributed by atoms with E-state index in [4.69, 9.17) is 9.73 Å². The molecule has 1 unspecified atom stereocenters. The monoisotopic (exact) mass is 690 g/mol. The molecule has 3 aliphatic rings. The fourth-order valence-electron chi connectivity index (χ4n) is 8.98. The van der Waals surface area contributed by atoms with Crippen LogP contribution in [0.3, 0.4) is 0 Å². The van der Waals surface area contributed by atoms with E-state index in [1.54, 1.807) is 0 Å². The number of nitrogens with one attached hydrogen (secondary N) is 1. The molecule has 1 aliphatic carbocycles. The Balaban J connectivity index is 1.10. The second-order valence-electron chi connectivity index (χ2n) is 14.3. The maximum absolute atomic E-state index is 6.64. The van der Waals surface area contributed by atoms with Gasteiger partial charge in [-0.2, -0.15) is 0 Å². The van der Waals surface area contributed by atoms with Crippen LogP contribution in [-0.4, -0.2) is 5.84 Å². The maximum Gasteiger partial charge on any atom is 0.133 e. The normalized spacial score (nSPS) is 15.9. The van der Waals surface area contributed by atoms with E-state index in [-0.39, 0.29) is 6.04 Å². The van der Waals surface area contributed by atoms with Gasteiger partial charge in [-0.25, -0.2) is 0 Å². The van der Waals surface area contributed by atoms with Gasteiger partial charge in [0.05, 0.1) is 11.5 Å². The Morgan fingerprint density at radius 2 is 1.13 bits per heavy atom. The molecule has 0 fully saturated rings. The molecule has 254 valence electrons. The summed E-state index contributed by atoms with van der Waals surface area (Å²) in [6, 6.07) is 67.4. The fourth-order valence-corrected chi connectivity index (χ4v) is 8.98. The lowest BCUT2D eigenvalue weighted by molar-refractivity contribution is 0.436. The van der Waals surface area contributed by atoms with Crippen LogP contribution in [0.15, 0.2) is 199 Å². The van der Waals surface area contributed by atoms with Gasteiger partial charge in [-0.1, -0.05) is 164 Å². The van der Waals surface area contributed by atoms with Crippen LogP contribution in [0.4, 0.5) is 0 Å². The predicted molar refractivity (Wildman–Crippen MR) is 220 cm³/mol. The summed E-state index contributed by atoms with van der Waals surface area (Å²) < 4.78 is 6.64. The summed E-state index contributed by atoms with van der Waals surface area (Å²) in [5.74, 6) is 2.66. The first-order valence-electron chi connectivity index (χ1n) is 18.6. The van der Waals surface area contributed by atoms with E-state index in [0.717, 1.165) is 45.3 Å². The van der Waals surface area contributed by atoms with Crippen molar-refractivity contribution in [3.05, 3.63) is 233 Å². The van der Waals surface area contributed by atoms with Gasteiger partial charge >= 0.3 is 0 Å². The highest BCUT2D eigenvalue weighted by atomic mass is 16.5. The van der Waals surface area contributed by atoms with Crippen molar-refractivity contribution < 1.29 is 4.74 Å². The highest BCUT2D eigenvalue weighted by Gasteiger charge is 2.51. The molecule has 0 radical (unpaired) electrons. The summed E-state index contributed by atoms with van der Waals surface area (Å²) >= 11 is 0. The standard InChI is InChI=1S/C51H34N2O/c1-3-15-34(16-4-1)45-32-46(53-50(52-45)35-17-5-2-6-18-35)38-20-13-19-36(30-38)37-26-28-40-44(31-37)51(43-29-27-33-14-7-8-21-39(33)49(40)43)41-22-9-11-24-47(41)54-48-25-12-10-23-42(48)51/h1-32,45H,(H,52,53). The minimum Gasteiger partial charge on any atom is -0.457 e. The van der Waals surface area contributed by atoms with Gasteiger partial charge in [0.2, 0.25) is 0 Å². The van der Waals surface area contributed by atoms with Crippen LogP contribution in [0.25, 0.3) is 38.7 Å². The quantitative estimate of drug-likeness (QED) is 0.199. The molecule has 0 saturated carbocycles. The van der Waals surface area contributed by atoms with E-state index in [1.165, 1.54) is 49.7 Å². The van der Waals surface area contributed by atoms with Crippen LogP contribution < -0.4 is 10.1 Å². The lowest BCUT2D eigenvalue weighted by Crippen LogP contribution is -2.32. The predicted octanol–water partition coefficient (Wildman–Crippen LogP) is 12.1. The van der Waals surface area contributed by atoms with E-state index in [0.29, 0.717) is 0 Å². The molecule has 1 atom stereocenters. The third kappa shape index (κ3) is 4.58. The van der Waals surface area contributed by atoms with E-state index in [1.807, 2.05) is 6.07 Å². The van der Waals surface area contributed by atoms with Gasteiger partial charge in [0.1, 0.15) is 17.3 Å². The minimum atomic E-state index is -0.550. The van der Waals surface area contributed by atoms with Gasteiger partial charge in [-0.15, -0.1) is 0 Å². The second kappa shape index (κ2) is 12.0. The molecule has 3 heteroatoms. The van der Waals surface area contributed by atoms with Crippen molar-refractivity contribution >= 4 is 22.3 Å². The van der Waals surface area contributed by atoms with Crippen molar-refractivity contribution in [1.82, 2.24) is 5.32 Å². The molecule has 0 aromatic heterocycles. The topological polar surface area (TPSA) is 33.6 Å². The fraction of sp³-hybridized carbons (Fsp3) is 0.0392. The molecule has 0 amide bonds. The molecule has 2 aliphatic heterocycles. The number of amidine groups is 1. The number of benzene rings is 8. The number of nitrogens with zero attached hydrogens (tertiary/aromatic N) is 1. The number of para-hydroxylation sites is 2. The molecule has 8 aromatic carbocycles. The van der Waals surface area contributed by atoms with Gasteiger partial charge in [0.15, 0.2) is 0 Å². The zero-order valence-electron chi connectivity index (χ0n) is 29.4. The van der Waals surface area contributed by atoms with Gasteiger partial charge in [-0.3, -0.25) is 4.99 Å². The minimum absolute atomic E-state index is 0.108. The van der Waals surface area contributed by atoms with Crippen molar-refractivity contribution in [1.29, 1.82) is 0 Å². The summed E-state index contributed by atoms with van der Waals surface area (Å²) in [6.07, 6.45) is 2.25. The highest BCUT2D eigenvalue weighted by molar-refractivity contribution is 6.06. The average Bonchev–Trinajstić information content (AvgIpc) is 3.54. The van der Waals surface area contributed by atoms with Crippen LogP contribution in [0.2, 0.25) is 0 Å². The van der Waals surface area contributed by atoms with Gasteiger partial charge in [-0.05, 0) is 85.6 Å². The Bertz CT molecular complexity index is 2790. The lowest BCUT2D eigenvalue weighted by Gasteiger charge is -2.39. The molecule has 1 N–H and O–H groups in total. The number of aliphatic imine (C=N–C) groups is 1. The van der Waals surface area contributed by atoms with E-state index in [2.05, 4.69) is 193 Å². The molecule has 54 heavy (non-hydrogen) atoms. The number of ether oxygens (including phenoxy) is 1. The summed E-state index contributed by atoms with van der Waals surface area (Å²) in [7, 11) is 0. The first-order valence-corrected chi connectivity index (χ1v) is 18.6. The maximum atomic E-state index is 6.64. The highest BCUT2D eigenvalue weighted by Crippen LogP contribution is 2.63. The summed E-state index contributed by atoms with van der Waals surface area (Å²) in [6.45, 7) is 0. The van der Waals surface area contributed by atoms with Crippen molar-refractivity contribution in [3.63, 3.8) is 0 Å². The van der Waals surface area contributed by atoms with Crippen LogP contribution in [0.5, 0.6) is 11.5 Å². The number of fused-ring (bicyclic) bond motifs is 11. The number of rotatable bonds is 4. The van der Waals surface area contributed by atoms with Crippen molar-refractivity contribution in [3.8, 4) is 33.8 Å². The number of hydrogen-bond acceptors (Lipinski definition) is 3. The largest absolute Gasteiger partial charge is 0.457 e. The number of hydrogen-bond donors (Lipinski definition) is 1. The Hall–Kier alpha value is -6.97. The Labute approximate surface area is 314 Å². The van der Waals surface area contributed by atoms with Crippen molar-refractivity contribution in [2.45, 2.75) is 11.5 Å². The Kier molecular flexibility index (Phi) is 6.83. The Morgan fingerprint density at radius 1 is 0.481 bits per heavy atom. The summed E-state index contributed by atoms with van der Waals surface area (Å²) in [5, 5.41) is 6.21. The van der Waals surface area contributed by atoms with Crippen molar-refractivity contribution in [2.24, 2.45) is 4.99 Å². The van der Waals surface area contributed by atoms with Crippen LogP contribution in [0, 0.1) is 0 Å². The van der Waals surface area contributed by atoms with E-state index < -0.39 is 5.41 Å². The SMILES string of the molecule is C1=C(c2cccc(-c3ccc4c(c3)C3(c5ccccc5Oc5ccccc53)c3ccc5ccccc5c3-4)c2)NC(c2ccccc2)=NC1c1ccccc1. The first kappa shape index (κ1) is 30.6. The second-order valence-corrected chi connectivity index (χ2v) is 14.3. The zero-order chi connectivity index (χ0) is 35.6. The summed E-state index contributed by atoms with van der Waals surface area (Å²) in [5.41, 5.74) is 13.6. The molecular formula is C51H34N2O. The molecule has 8 aromatic rings. The molecule has 3 nitrogen and oxygen atoms in total. The van der Waals surface area contributed by atoms with E-state index >= 15 is 0 Å². The van der Waals surface area contributed by atoms with Gasteiger partial charge in [0, 0.05) is 22.4 Å². The molecule has 0 saturated heterocycles. The van der Waals surface area contributed by atoms with E-state index in [9.17, 15) is 0 Å². The zero-order valence-corrected chi connectivity index (χ0v) is 29.4. The third-order valence-electron chi connectivity index (χ3n) is 11.4. The molecular weight excluding hydrogens is 657 g/mol. The van der Waals surface area contributed by atoms with Crippen LogP contribution >= 0.6 is 0 Å². The van der Waals surface area contributed by atoms with Gasteiger partial charge in [0.25, 0.3) is 0 Å². The molecule has 2 heterocycles. The van der Waals surface area contributed by atoms with Gasteiger partial charge < -0.3 is 10.1 Å².